The first-order valence-electron chi connectivity index (χ1n) is 23.1. The summed E-state index contributed by atoms with van der Waals surface area (Å²) in [5.74, 6) is -7.21. The van der Waals surface area contributed by atoms with Gasteiger partial charge in [-0.15, -0.1) is 0 Å². The van der Waals surface area contributed by atoms with Gasteiger partial charge in [-0.3, -0.25) is 0 Å². The molecule has 0 aromatic heterocycles. The standard InChI is InChI=1S/C55H45N3O17/c1-66-54(65)45-43(73-52(63)37-28-16-6-17-29-37)42(72-51(62)36-26-14-5-15-27-36)44(47(69-45)57-58-56)75-55-46(74-53(64)38-30-18-7-19-31-38)41(71-50(61)35-24-12-4-13-25-35)40(70-49(60)34-22-10-3-11-23-34)39(68-55)32-67-48(59)33-20-8-2-9-21-33/h2-31,39-47,55H,32H2,1H3/t39-,40-,41+,42+,43+,44-,45+,46-,47+,55+/m1/s1. The van der Waals surface area contributed by atoms with Crippen LogP contribution in [0, 0.1) is 0 Å². The van der Waals surface area contributed by atoms with Crippen LogP contribution in [0.2, 0.25) is 0 Å². The molecular weight excluding hydrogens is 975 g/mol. The lowest BCUT2D eigenvalue weighted by Crippen LogP contribution is -2.67. The molecule has 2 fully saturated rings. The lowest BCUT2D eigenvalue weighted by atomic mass is 9.95. The van der Waals surface area contributed by atoms with Gasteiger partial charge in [-0.2, -0.15) is 0 Å². The number of benzene rings is 6. The third-order valence-corrected chi connectivity index (χ3v) is 11.6. The quantitative estimate of drug-likeness (QED) is 0.0285. The van der Waals surface area contributed by atoms with E-state index in [1.165, 1.54) is 84.9 Å². The monoisotopic (exact) mass is 1020 g/mol. The van der Waals surface area contributed by atoms with E-state index in [0.717, 1.165) is 7.11 Å². The molecule has 0 radical (unpaired) electrons. The van der Waals surface area contributed by atoms with Gasteiger partial charge in [0, 0.05) is 4.91 Å². The summed E-state index contributed by atoms with van der Waals surface area (Å²) in [6.07, 6.45) is -19.6. The largest absolute Gasteiger partial charge is 0.467 e. The van der Waals surface area contributed by atoms with Gasteiger partial charge in [-0.1, -0.05) is 114 Å². The summed E-state index contributed by atoms with van der Waals surface area (Å²) in [5, 5.41) is 3.75. The fourth-order valence-corrected chi connectivity index (χ4v) is 8.01. The number of hydrogen-bond acceptors (Lipinski definition) is 18. The molecule has 2 saturated heterocycles. The van der Waals surface area contributed by atoms with E-state index in [1.807, 2.05) is 0 Å². The predicted octanol–water partition coefficient (Wildman–Crippen LogP) is 7.29. The molecule has 0 saturated carbocycles. The Hall–Kier alpha value is -9.20. The highest BCUT2D eigenvalue weighted by atomic mass is 16.8. The highest BCUT2D eigenvalue weighted by molar-refractivity contribution is 5.93. The van der Waals surface area contributed by atoms with Gasteiger partial charge in [0.25, 0.3) is 0 Å². The van der Waals surface area contributed by atoms with Crippen LogP contribution in [-0.2, 0) is 52.2 Å². The topological polar surface area (TPSA) is 261 Å². The Morgan fingerprint density at radius 1 is 0.440 bits per heavy atom. The molecule has 20 heteroatoms. The fourth-order valence-electron chi connectivity index (χ4n) is 8.01. The second kappa shape index (κ2) is 25.0. The van der Waals surface area contributed by atoms with Crippen molar-refractivity contribution in [2.24, 2.45) is 5.11 Å². The van der Waals surface area contributed by atoms with Crippen molar-refractivity contribution >= 4 is 41.8 Å². The molecule has 0 N–H and O–H groups in total. The maximum Gasteiger partial charge on any atom is 0.339 e. The highest BCUT2D eigenvalue weighted by Crippen LogP contribution is 2.37. The third kappa shape index (κ3) is 12.9. The summed E-state index contributed by atoms with van der Waals surface area (Å²) < 4.78 is 60.6. The van der Waals surface area contributed by atoms with Crippen LogP contribution in [-0.4, -0.2) is 117 Å². The van der Waals surface area contributed by atoms with Crippen LogP contribution in [0.25, 0.3) is 10.4 Å². The van der Waals surface area contributed by atoms with Crippen LogP contribution in [0.5, 0.6) is 0 Å². The molecule has 0 bridgehead atoms. The zero-order chi connectivity index (χ0) is 52.7. The summed E-state index contributed by atoms with van der Waals surface area (Å²) in [4.78, 5) is 101. The summed E-state index contributed by atoms with van der Waals surface area (Å²) in [5.41, 5.74) is 10.0. The van der Waals surface area contributed by atoms with Crippen molar-refractivity contribution in [1.82, 2.24) is 0 Å². The fraction of sp³-hybridized carbons (Fsp3) is 0.218. The van der Waals surface area contributed by atoms with Crippen molar-refractivity contribution in [3.05, 3.63) is 226 Å². The second-order valence-electron chi connectivity index (χ2n) is 16.5. The Morgan fingerprint density at radius 2 is 0.773 bits per heavy atom. The van der Waals surface area contributed by atoms with Crippen molar-refractivity contribution in [3.63, 3.8) is 0 Å². The molecule has 8 rings (SSSR count). The Balaban J connectivity index is 1.29. The Labute approximate surface area is 427 Å². The number of methoxy groups -OCH3 is 1. The van der Waals surface area contributed by atoms with Crippen LogP contribution < -0.4 is 0 Å². The number of carbonyl (C=O) groups excluding carboxylic acids is 7. The number of ether oxygens (including phenoxy) is 10. The number of esters is 7. The number of carbonyl (C=O) groups is 7. The van der Waals surface area contributed by atoms with E-state index in [-0.39, 0.29) is 33.4 Å². The molecule has 20 nitrogen and oxygen atoms in total. The molecule has 0 spiro atoms. The van der Waals surface area contributed by atoms with E-state index in [2.05, 4.69) is 10.0 Å². The van der Waals surface area contributed by atoms with Crippen molar-refractivity contribution in [2.45, 2.75) is 61.3 Å². The molecule has 0 aliphatic carbocycles. The number of azide groups is 1. The van der Waals surface area contributed by atoms with Crippen LogP contribution in [0.3, 0.4) is 0 Å². The SMILES string of the molecule is COC(=O)[C@H]1O[C@H](N=[N+]=[N-])[C@H](O[C@@H]2O[C@H](COC(=O)c3ccccc3)[C@@H](OC(=O)c3ccccc3)[C@H](OC(=O)c3ccccc3)[C@H]2OC(=O)c2ccccc2)[C@@H](OC(=O)c2ccccc2)[C@@H]1OC(=O)c1ccccc1. The molecule has 6 aromatic carbocycles. The first kappa shape index (κ1) is 52.1. The zero-order valence-electron chi connectivity index (χ0n) is 39.6. The van der Waals surface area contributed by atoms with Gasteiger partial charge in [0.05, 0.1) is 40.5 Å². The van der Waals surface area contributed by atoms with Gasteiger partial charge in [0.1, 0.15) is 18.8 Å². The molecule has 75 heavy (non-hydrogen) atoms. The lowest BCUT2D eigenvalue weighted by Gasteiger charge is -2.48. The minimum Gasteiger partial charge on any atom is -0.467 e. The van der Waals surface area contributed by atoms with Gasteiger partial charge >= 0.3 is 41.8 Å². The smallest absolute Gasteiger partial charge is 0.339 e. The molecular formula is C55H45N3O17. The molecule has 2 aliphatic heterocycles. The van der Waals surface area contributed by atoms with E-state index >= 15 is 0 Å². The molecule has 2 aliphatic rings. The summed E-state index contributed by atoms with van der Waals surface area (Å²) in [6.45, 7) is -0.770. The molecule has 10 atom stereocenters. The van der Waals surface area contributed by atoms with Crippen LogP contribution >= 0.6 is 0 Å². The molecule has 0 unspecified atom stereocenters. The zero-order valence-corrected chi connectivity index (χ0v) is 39.6. The van der Waals surface area contributed by atoms with Crippen molar-refractivity contribution < 1.29 is 80.9 Å². The number of hydrogen-bond donors (Lipinski definition) is 0. The Bertz CT molecular complexity index is 2990. The van der Waals surface area contributed by atoms with E-state index in [1.54, 1.807) is 97.1 Å². The van der Waals surface area contributed by atoms with Gasteiger partial charge in [-0.05, 0) is 78.3 Å². The van der Waals surface area contributed by atoms with Gasteiger partial charge in [-0.25, -0.2) is 33.6 Å². The summed E-state index contributed by atoms with van der Waals surface area (Å²) in [7, 11) is 1.00. The van der Waals surface area contributed by atoms with E-state index in [9.17, 15) is 39.1 Å². The van der Waals surface area contributed by atoms with Crippen molar-refractivity contribution in [3.8, 4) is 0 Å². The van der Waals surface area contributed by atoms with E-state index < -0.39 is 110 Å². The second-order valence-corrected chi connectivity index (χ2v) is 16.5. The molecule has 382 valence electrons. The summed E-state index contributed by atoms with van der Waals surface area (Å²) in [6, 6.07) is 45.7. The normalized spacial score (nSPS) is 22.8. The first-order chi connectivity index (χ1) is 36.5. The Kier molecular flexibility index (Phi) is 17.3. The van der Waals surface area contributed by atoms with Crippen LogP contribution in [0.4, 0.5) is 0 Å². The highest BCUT2D eigenvalue weighted by Gasteiger charge is 2.59. The first-order valence-corrected chi connectivity index (χ1v) is 23.1. The van der Waals surface area contributed by atoms with Crippen LogP contribution in [0.15, 0.2) is 187 Å². The summed E-state index contributed by atoms with van der Waals surface area (Å²) >= 11 is 0. The van der Waals surface area contributed by atoms with Crippen LogP contribution in [0.1, 0.15) is 62.1 Å². The molecule has 6 aromatic rings. The van der Waals surface area contributed by atoms with Crippen molar-refractivity contribution in [1.29, 1.82) is 0 Å². The van der Waals surface area contributed by atoms with Gasteiger partial charge in [0.2, 0.25) is 0 Å². The maximum atomic E-state index is 14.3. The molecule has 2 heterocycles. The minimum atomic E-state index is -2.12. The maximum absolute atomic E-state index is 14.3. The Morgan fingerprint density at radius 3 is 1.15 bits per heavy atom. The predicted molar refractivity (Wildman–Crippen MR) is 258 cm³/mol. The average molecular weight is 1020 g/mol. The van der Waals surface area contributed by atoms with E-state index in [4.69, 9.17) is 47.4 Å². The van der Waals surface area contributed by atoms with Gasteiger partial charge in [0.15, 0.2) is 49.1 Å². The third-order valence-electron chi connectivity index (χ3n) is 11.6. The van der Waals surface area contributed by atoms with Gasteiger partial charge < -0.3 is 47.4 Å². The molecule has 0 amide bonds. The minimum absolute atomic E-state index is 0.0105. The van der Waals surface area contributed by atoms with Crippen molar-refractivity contribution in [2.75, 3.05) is 13.7 Å². The van der Waals surface area contributed by atoms with E-state index in [0.29, 0.717) is 0 Å². The lowest BCUT2D eigenvalue weighted by molar-refractivity contribution is -0.336. The number of rotatable bonds is 17. The number of nitrogens with zero attached hydrogens (tertiary/aromatic N) is 3. The average Bonchev–Trinajstić information content (AvgIpc) is 3.46.